The lowest BCUT2D eigenvalue weighted by molar-refractivity contribution is 0.410. The first-order chi connectivity index (χ1) is 7.16. The lowest BCUT2D eigenvalue weighted by Crippen LogP contribution is -1.98. The third-order valence-electron chi connectivity index (χ3n) is 3.29. The van der Waals surface area contributed by atoms with Crippen LogP contribution in [0.3, 0.4) is 0 Å². The SMILES string of the molecule is CCCCCCCCC(C)CCC(C)C. The molecule has 0 radical (unpaired) electrons. The van der Waals surface area contributed by atoms with Gasteiger partial charge >= 0.3 is 0 Å². The van der Waals surface area contributed by atoms with Gasteiger partial charge in [-0.3, -0.25) is 0 Å². The van der Waals surface area contributed by atoms with E-state index in [0.29, 0.717) is 0 Å². The molecule has 0 nitrogen and oxygen atoms in total. The van der Waals surface area contributed by atoms with Gasteiger partial charge in [-0.2, -0.15) is 0 Å². The summed E-state index contributed by atoms with van der Waals surface area (Å²) in [5.74, 6) is 1.84. The Balaban J connectivity index is 3.13. The molecule has 0 fully saturated rings. The second-order valence-corrected chi connectivity index (χ2v) is 5.63. The van der Waals surface area contributed by atoms with E-state index in [-0.39, 0.29) is 0 Å². The fraction of sp³-hybridized carbons (Fsp3) is 1.00. The zero-order valence-corrected chi connectivity index (χ0v) is 11.5. The molecular weight excluding hydrogens is 180 g/mol. The summed E-state index contributed by atoms with van der Waals surface area (Å²) in [4.78, 5) is 0. The molecule has 1 unspecified atom stereocenters. The van der Waals surface area contributed by atoms with Gasteiger partial charge < -0.3 is 0 Å². The van der Waals surface area contributed by atoms with E-state index in [9.17, 15) is 0 Å². The molecule has 0 spiro atoms. The van der Waals surface area contributed by atoms with E-state index in [1.807, 2.05) is 0 Å². The Hall–Kier alpha value is 0. The van der Waals surface area contributed by atoms with Gasteiger partial charge in [-0.25, -0.2) is 0 Å². The quantitative estimate of drug-likeness (QED) is 0.401. The molecule has 0 heteroatoms. The minimum absolute atomic E-state index is 0.886. The molecule has 0 aliphatic carbocycles. The number of unbranched alkanes of at least 4 members (excludes halogenated alkanes) is 5. The molecule has 0 aliphatic heterocycles. The molecule has 0 aromatic rings. The van der Waals surface area contributed by atoms with Gasteiger partial charge in [-0.15, -0.1) is 0 Å². The molecule has 1 atom stereocenters. The van der Waals surface area contributed by atoms with Gasteiger partial charge in [0.25, 0.3) is 0 Å². The Kier molecular flexibility index (Phi) is 10.5. The van der Waals surface area contributed by atoms with Gasteiger partial charge in [-0.1, -0.05) is 85.5 Å². The average Bonchev–Trinajstić information content (AvgIpc) is 2.20. The van der Waals surface area contributed by atoms with Crippen LogP contribution >= 0.6 is 0 Å². The Morgan fingerprint density at radius 3 is 1.87 bits per heavy atom. The number of rotatable bonds is 10. The first-order valence-corrected chi connectivity index (χ1v) is 7.16. The molecule has 0 N–H and O–H groups in total. The number of hydrogen-bond donors (Lipinski definition) is 0. The highest BCUT2D eigenvalue weighted by Crippen LogP contribution is 2.18. The molecule has 0 saturated heterocycles. The summed E-state index contributed by atoms with van der Waals surface area (Å²) < 4.78 is 0. The van der Waals surface area contributed by atoms with Crippen molar-refractivity contribution in [2.45, 2.75) is 85.5 Å². The van der Waals surface area contributed by atoms with Crippen LogP contribution < -0.4 is 0 Å². The molecule has 92 valence electrons. The van der Waals surface area contributed by atoms with Crippen LogP contribution in [0.15, 0.2) is 0 Å². The highest BCUT2D eigenvalue weighted by Gasteiger charge is 2.03. The van der Waals surface area contributed by atoms with E-state index >= 15 is 0 Å². The fourth-order valence-electron chi connectivity index (χ4n) is 2.04. The standard InChI is InChI=1S/C15H32/c1-5-6-7-8-9-10-11-15(4)13-12-14(2)3/h14-15H,5-13H2,1-4H3. The van der Waals surface area contributed by atoms with Crippen molar-refractivity contribution < 1.29 is 0 Å². The van der Waals surface area contributed by atoms with Crippen LogP contribution in [-0.2, 0) is 0 Å². The second kappa shape index (κ2) is 10.5. The van der Waals surface area contributed by atoms with Crippen LogP contribution in [-0.4, -0.2) is 0 Å². The van der Waals surface area contributed by atoms with Crippen LogP contribution in [0.5, 0.6) is 0 Å². The van der Waals surface area contributed by atoms with Crippen molar-refractivity contribution in [3.05, 3.63) is 0 Å². The van der Waals surface area contributed by atoms with Crippen molar-refractivity contribution >= 4 is 0 Å². The van der Waals surface area contributed by atoms with E-state index in [0.717, 1.165) is 11.8 Å². The van der Waals surface area contributed by atoms with Gasteiger partial charge in [0.05, 0.1) is 0 Å². The summed E-state index contributed by atoms with van der Waals surface area (Å²) in [5, 5.41) is 0. The van der Waals surface area contributed by atoms with Crippen LogP contribution in [0.2, 0.25) is 0 Å². The van der Waals surface area contributed by atoms with E-state index in [1.165, 1.54) is 57.8 Å². The predicted molar refractivity (Wildman–Crippen MR) is 71.2 cm³/mol. The summed E-state index contributed by atoms with van der Waals surface area (Å²) in [5.41, 5.74) is 0. The van der Waals surface area contributed by atoms with E-state index in [1.54, 1.807) is 0 Å². The minimum atomic E-state index is 0.886. The van der Waals surface area contributed by atoms with Crippen molar-refractivity contribution in [1.29, 1.82) is 0 Å². The average molecular weight is 212 g/mol. The van der Waals surface area contributed by atoms with E-state index in [4.69, 9.17) is 0 Å². The summed E-state index contributed by atoms with van der Waals surface area (Å²) in [6.07, 6.45) is 13.0. The molecular formula is C15H32. The monoisotopic (exact) mass is 212 g/mol. The zero-order valence-electron chi connectivity index (χ0n) is 11.5. The topological polar surface area (TPSA) is 0 Å². The highest BCUT2D eigenvalue weighted by atomic mass is 14.1. The summed E-state index contributed by atoms with van der Waals surface area (Å²) >= 11 is 0. The Morgan fingerprint density at radius 2 is 1.27 bits per heavy atom. The maximum atomic E-state index is 2.43. The molecule has 0 aromatic heterocycles. The van der Waals surface area contributed by atoms with Crippen LogP contribution in [0.1, 0.15) is 85.5 Å². The number of hydrogen-bond acceptors (Lipinski definition) is 0. The van der Waals surface area contributed by atoms with Gasteiger partial charge in [0.1, 0.15) is 0 Å². The van der Waals surface area contributed by atoms with Crippen LogP contribution in [0.25, 0.3) is 0 Å². The molecule has 0 aliphatic rings. The van der Waals surface area contributed by atoms with Crippen molar-refractivity contribution in [1.82, 2.24) is 0 Å². The molecule has 0 saturated carbocycles. The van der Waals surface area contributed by atoms with Gasteiger partial charge in [0.15, 0.2) is 0 Å². The maximum Gasteiger partial charge on any atom is -0.0443 e. The fourth-order valence-corrected chi connectivity index (χ4v) is 2.04. The van der Waals surface area contributed by atoms with E-state index in [2.05, 4.69) is 27.7 Å². The first-order valence-electron chi connectivity index (χ1n) is 7.16. The van der Waals surface area contributed by atoms with Crippen molar-refractivity contribution in [2.75, 3.05) is 0 Å². The Labute approximate surface area is 97.8 Å². The lowest BCUT2D eigenvalue weighted by atomic mass is 9.94. The highest BCUT2D eigenvalue weighted by molar-refractivity contribution is 4.56. The van der Waals surface area contributed by atoms with Crippen LogP contribution in [0, 0.1) is 11.8 Å². The Morgan fingerprint density at radius 1 is 0.667 bits per heavy atom. The van der Waals surface area contributed by atoms with E-state index < -0.39 is 0 Å². The van der Waals surface area contributed by atoms with Crippen molar-refractivity contribution in [2.24, 2.45) is 11.8 Å². The van der Waals surface area contributed by atoms with Gasteiger partial charge in [0.2, 0.25) is 0 Å². The predicted octanol–water partition coefficient (Wildman–Crippen LogP) is 5.81. The molecule has 0 aromatic carbocycles. The molecule has 0 amide bonds. The zero-order chi connectivity index (χ0) is 11.5. The Bertz CT molecular complexity index is 115. The van der Waals surface area contributed by atoms with Crippen LogP contribution in [0.4, 0.5) is 0 Å². The summed E-state index contributed by atoms with van der Waals surface area (Å²) in [6.45, 7) is 9.37. The largest absolute Gasteiger partial charge is 0.0654 e. The van der Waals surface area contributed by atoms with Gasteiger partial charge in [0, 0.05) is 0 Å². The molecule has 0 rings (SSSR count). The third-order valence-corrected chi connectivity index (χ3v) is 3.29. The summed E-state index contributed by atoms with van der Waals surface area (Å²) in [7, 11) is 0. The first kappa shape index (κ1) is 15.0. The second-order valence-electron chi connectivity index (χ2n) is 5.63. The summed E-state index contributed by atoms with van der Waals surface area (Å²) in [6, 6.07) is 0. The molecule has 0 bridgehead atoms. The lowest BCUT2D eigenvalue weighted by Gasteiger charge is -2.12. The smallest absolute Gasteiger partial charge is 0.0443 e. The normalized spacial score (nSPS) is 13.4. The van der Waals surface area contributed by atoms with Crippen molar-refractivity contribution in [3.8, 4) is 0 Å². The third kappa shape index (κ3) is 11.9. The maximum absolute atomic E-state index is 2.43. The molecule has 15 heavy (non-hydrogen) atoms. The van der Waals surface area contributed by atoms with Gasteiger partial charge in [-0.05, 0) is 11.8 Å². The molecule has 0 heterocycles. The van der Waals surface area contributed by atoms with Crippen molar-refractivity contribution in [3.63, 3.8) is 0 Å². The minimum Gasteiger partial charge on any atom is -0.0654 e.